The van der Waals surface area contributed by atoms with Crippen LogP contribution in [0.2, 0.25) is 5.02 Å². The number of nitrogens with one attached hydrogen (secondary N) is 2. The molecule has 2 N–H and O–H groups in total. The molecule has 0 aliphatic heterocycles. The fourth-order valence-corrected chi connectivity index (χ4v) is 1.71. The fourth-order valence-electron chi connectivity index (χ4n) is 1.45. The summed E-state index contributed by atoms with van der Waals surface area (Å²) in [6.07, 6.45) is -2.51. The Bertz CT molecular complexity index is 607. The Kier molecular flexibility index (Phi) is 6.00. The minimum Gasteiger partial charge on any atom is -0.323 e. The lowest BCUT2D eigenvalue weighted by Gasteiger charge is -2.14. The molecule has 0 radical (unpaired) electrons. The Morgan fingerprint density at radius 1 is 1.45 bits per heavy atom. The largest absolute Gasteiger partial charge is 0.417 e. The molecule has 0 bridgehead atoms. The highest BCUT2D eigenvalue weighted by Crippen LogP contribution is 2.37. The van der Waals surface area contributed by atoms with Crippen LogP contribution in [0.4, 0.5) is 23.2 Å². The molecule has 1 aromatic carbocycles. The van der Waals surface area contributed by atoms with Gasteiger partial charge in [-0.2, -0.15) is 18.4 Å². The lowest BCUT2D eigenvalue weighted by Crippen LogP contribution is -2.29. The number of nitriles is 1. The van der Waals surface area contributed by atoms with Crippen LogP contribution in [0.25, 0.3) is 0 Å². The molecule has 0 fully saturated rings. The molecule has 0 spiro atoms. The third-order valence-corrected chi connectivity index (χ3v) is 3.04. The van der Waals surface area contributed by atoms with Crippen LogP contribution in [0.3, 0.4) is 0 Å². The van der Waals surface area contributed by atoms with E-state index in [1.807, 2.05) is 6.92 Å². The number of halogens is 5. The molecule has 0 aliphatic rings. The van der Waals surface area contributed by atoms with Gasteiger partial charge in [0.2, 0.25) is 5.96 Å². The van der Waals surface area contributed by atoms with Crippen molar-refractivity contribution in [3.8, 4) is 6.19 Å². The smallest absolute Gasteiger partial charge is 0.323 e. The van der Waals surface area contributed by atoms with Crippen molar-refractivity contribution in [2.24, 2.45) is 4.99 Å². The van der Waals surface area contributed by atoms with Crippen molar-refractivity contribution in [1.82, 2.24) is 5.32 Å². The van der Waals surface area contributed by atoms with Gasteiger partial charge in [-0.15, -0.1) is 0 Å². The average molecular weight is 337 g/mol. The average Bonchev–Trinajstić information content (AvgIpc) is 2.40. The molecule has 0 saturated carbocycles. The van der Waals surface area contributed by atoms with E-state index < -0.39 is 28.3 Å². The van der Waals surface area contributed by atoms with Gasteiger partial charge in [0.05, 0.1) is 22.3 Å². The summed E-state index contributed by atoms with van der Waals surface area (Å²) in [4.78, 5) is 4.03. The SMILES string of the molecule is CC[C@H](C)N=C(NC#N)Nc1cc(C(F)(F)F)c(Cl)cc1F. The van der Waals surface area contributed by atoms with Crippen LogP contribution in [0.5, 0.6) is 0 Å². The topological polar surface area (TPSA) is 60.2 Å². The van der Waals surface area contributed by atoms with Crippen LogP contribution in [0.1, 0.15) is 25.8 Å². The van der Waals surface area contributed by atoms with Crippen molar-refractivity contribution in [2.75, 3.05) is 5.32 Å². The van der Waals surface area contributed by atoms with Gasteiger partial charge in [0.15, 0.2) is 6.19 Å². The number of rotatable bonds is 3. The number of guanidine groups is 1. The molecule has 0 aromatic heterocycles. The second kappa shape index (κ2) is 7.31. The highest BCUT2D eigenvalue weighted by atomic mass is 35.5. The number of aliphatic imine (C=N–C) groups is 1. The Hall–Kier alpha value is -2.01. The molecule has 0 saturated heterocycles. The summed E-state index contributed by atoms with van der Waals surface area (Å²) >= 11 is 5.40. The number of hydrogen-bond acceptors (Lipinski definition) is 2. The third kappa shape index (κ3) is 4.77. The third-order valence-electron chi connectivity index (χ3n) is 2.73. The van der Waals surface area contributed by atoms with Crippen molar-refractivity contribution < 1.29 is 17.6 Å². The molecule has 22 heavy (non-hydrogen) atoms. The van der Waals surface area contributed by atoms with E-state index in [2.05, 4.69) is 15.6 Å². The Balaban J connectivity index is 3.20. The van der Waals surface area contributed by atoms with Crippen molar-refractivity contribution >= 4 is 23.2 Å². The maximum atomic E-state index is 13.8. The van der Waals surface area contributed by atoms with Crippen LogP contribution < -0.4 is 10.6 Å². The summed E-state index contributed by atoms with van der Waals surface area (Å²) in [6, 6.07) is 0.879. The first-order valence-electron chi connectivity index (χ1n) is 6.25. The Labute approximate surface area is 129 Å². The fraction of sp³-hybridized carbons (Fsp3) is 0.385. The van der Waals surface area contributed by atoms with E-state index >= 15 is 0 Å². The number of alkyl halides is 3. The molecule has 1 rings (SSSR count). The van der Waals surface area contributed by atoms with E-state index in [0.29, 0.717) is 18.6 Å². The molecule has 0 unspecified atom stereocenters. The van der Waals surface area contributed by atoms with Gasteiger partial charge in [-0.25, -0.2) is 9.38 Å². The molecule has 120 valence electrons. The van der Waals surface area contributed by atoms with E-state index in [-0.39, 0.29) is 12.0 Å². The van der Waals surface area contributed by atoms with Crippen LogP contribution in [-0.2, 0) is 6.18 Å². The summed E-state index contributed by atoms with van der Waals surface area (Å²) in [5, 5.41) is 12.4. The monoisotopic (exact) mass is 336 g/mol. The molecule has 4 nitrogen and oxygen atoms in total. The first-order chi connectivity index (χ1) is 10.2. The van der Waals surface area contributed by atoms with Gasteiger partial charge < -0.3 is 5.32 Å². The van der Waals surface area contributed by atoms with Gasteiger partial charge in [-0.1, -0.05) is 18.5 Å². The Morgan fingerprint density at radius 2 is 2.09 bits per heavy atom. The molecule has 1 aromatic rings. The van der Waals surface area contributed by atoms with Gasteiger partial charge in [-0.05, 0) is 25.5 Å². The van der Waals surface area contributed by atoms with E-state index in [4.69, 9.17) is 16.9 Å². The number of nitrogens with zero attached hydrogens (tertiary/aromatic N) is 2. The molecule has 9 heteroatoms. The van der Waals surface area contributed by atoms with Crippen molar-refractivity contribution in [3.05, 3.63) is 28.5 Å². The zero-order chi connectivity index (χ0) is 16.9. The number of anilines is 1. The van der Waals surface area contributed by atoms with Gasteiger partial charge in [0, 0.05) is 0 Å². The van der Waals surface area contributed by atoms with Crippen LogP contribution in [-0.4, -0.2) is 12.0 Å². The van der Waals surface area contributed by atoms with Gasteiger partial charge >= 0.3 is 6.18 Å². The normalized spacial score (nSPS) is 13.5. The Morgan fingerprint density at radius 3 is 2.59 bits per heavy atom. The lowest BCUT2D eigenvalue weighted by molar-refractivity contribution is -0.137. The summed E-state index contributed by atoms with van der Waals surface area (Å²) in [5.74, 6) is -1.14. The van der Waals surface area contributed by atoms with Crippen LogP contribution >= 0.6 is 11.6 Å². The van der Waals surface area contributed by atoms with Crippen molar-refractivity contribution in [2.45, 2.75) is 32.5 Å². The molecular weight excluding hydrogens is 324 g/mol. The van der Waals surface area contributed by atoms with Gasteiger partial charge in [0.25, 0.3) is 0 Å². The molecular formula is C13H13ClF4N4. The quantitative estimate of drug-likeness (QED) is 0.287. The van der Waals surface area contributed by atoms with Crippen molar-refractivity contribution in [3.63, 3.8) is 0 Å². The zero-order valence-electron chi connectivity index (χ0n) is 11.7. The van der Waals surface area contributed by atoms with E-state index in [1.54, 1.807) is 13.1 Å². The number of benzene rings is 1. The maximum Gasteiger partial charge on any atom is 0.417 e. The summed E-state index contributed by atoms with van der Waals surface area (Å²) in [7, 11) is 0. The standard InChI is InChI=1S/C13H13ClF4N4/c1-3-7(2)21-12(20-6-19)22-11-4-8(13(16,17)18)9(14)5-10(11)15/h4-5,7H,3H2,1-2H3,(H2,20,21,22)/t7-/m0/s1. The first kappa shape index (κ1) is 18.0. The first-order valence-corrected chi connectivity index (χ1v) is 6.63. The molecule has 0 amide bonds. The minimum absolute atomic E-state index is 0.147. The number of hydrogen-bond donors (Lipinski definition) is 2. The molecule has 0 heterocycles. The summed E-state index contributed by atoms with van der Waals surface area (Å²) in [5.41, 5.74) is -1.67. The van der Waals surface area contributed by atoms with Crippen molar-refractivity contribution in [1.29, 1.82) is 5.26 Å². The van der Waals surface area contributed by atoms with E-state index in [9.17, 15) is 17.6 Å². The van der Waals surface area contributed by atoms with Crippen LogP contribution in [0, 0.1) is 17.3 Å². The zero-order valence-corrected chi connectivity index (χ0v) is 12.5. The second-order valence-corrected chi connectivity index (χ2v) is 4.81. The van der Waals surface area contributed by atoms with Gasteiger partial charge in [0.1, 0.15) is 5.82 Å². The maximum absolute atomic E-state index is 13.8. The summed E-state index contributed by atoms with van der Waals surface area (Å²) in [6.45, 7) is 3.57. The predicted molar refractivity (Wildman–Crippen MR) is 76.0 cm³/mol. The molecule has 1 atom stereocenters. The highest BCUT2D eigenvalue weighted by molar-refractivity contribution is 6.31. The minimum atomic E-state index is -4.72. The summed E-state index contributed by atoms with van der Waals surface area (Å²) < 4.78 is 52.1. The van der Waals surface area contributed by atoms with Gasteiger partial charge in [-0.3, -0.25) is 5.32 Å². The van der Waals surface area contributed by atoms with E-state index in [1.165, 1.54) is 0 Å². The molecule has 0 aliphatic carbocycles. The second-order valence-electron chi connectivity index (χ2n) is 4.41. The predicted octanol–water partition coefficient (Wildman–Crippen LogP) is 4.13. The highest BCUT2D eigenvalue weighted by Gasteiger charge is 2.34. The van der Waals surface area contributed by atoms with Crippen LogP contribution in [0.15, 0.2) is 17.1 Å². The lowest BCUT2D eigenvalue weighted by atomic mass is 10.2. The van der Waals surface area contributed by atoms with E-state index in [0.717, 1.165) is 0 Å².